The van der Waals surface area contributed by atoms with Crippen molar-refractivity contribution in [3.05, 3.63) is 34.9 Å². The average Bonchev–Trinajstić information content (AvgIpc) is 2.86. The lowest BCUT2D eigenvalue weighted by atomic mass is 9.80. The van der Waals surface area contributed by atoms with Crippen molar-refractivity contribution in [1.29, 1.82) is 0 Å². The Bertz CT molecular complexity index is 512. The van der Waals surface area contributed by atoms with E-state index >= 15 is 0 Å². The lowest BCUT2D eigenvalue weighted by Crippen LogP contribution is -2.39. The van der Waals surface area contributed by atoms with Crippen LogP contribution in [0.1, 0.15) is 60.0 Å². The first-order chi connectivity index (χ1) is 9.60. The van der Waals surface area contributed by atoms with E-state index in [1.54, 1.807) is 0 Å². The molecule has 0 amide bonds. The average molecular weight is 272 g/mol. The maximum Gasteiger partial charge on any atom is 0.166 e. The standard InChI is InChI=1S/C18H24O2/c1-13-5-6-16(14(2)11-13)17(19)15-7-10-20-18(12-15)8-3-4-9-18/h5-6,11,15H,3-4,7-10,12H2,1-2H3. The second kappa shape index (κ2) is 5.33. The van der Waals surface area contributed by atoms with E-state index in [4.69, 9.17) is 4.74 Å². The van der Waals surface area contributed by atoms with Gasteiger partial charge < -0.3 is 4.74 Å². The Morgan fingerprint density at radius 2 is 2.00 bits per heavy atom. The zero-order valence-electron chi connectivity index (χ0n) is 12.6. The Morgan fingerprint density at radius 1 is 1.25 bits per heavy atom. The quantitative estimate of drug-likeness (QED) is 0.753. The lowest BCUT2D eigenvalue weighted by molar-refractivity contribution is -0.0866. The molecule has 2 aliphatic rings. The number of benzene rings is 1. The fraction of sp³-hybridized carbons (Fsp3) is 0.611. The summed E-state index contributed by atoms with van der Waals surface area (Å²) in [4.78, 5) is 12.8. The van der Waals surface area contributed by atoms with Gasteiger partial charge in [-0.3, -0.25) is 4.79 Å². The predicted molar refractivity (Wildman–Crippen MR) is 80.1 cm³/mol. The zero-order valence-corrected chi connectivity index (χ0v) is 12.6. The van der Waals surface area contributed by atoms with Crippen LogP contribution >= 0.6 is 0 Å². The van der Waals surface area contributed by atoms with E-state index in [0.29, 0.717) is 5.78 Å². The summed E-state index contributed by atoms with van der Waals surface area (Å²) in [5.74, 6) is 0.486. The van der Waals surface area contributed by atoms with Crippen LogP contribution in [0.25, 0.3) is 0 Å². The third-order valence-electron chi connectivity index (χ3n) is 5.03. The minimum atomic E-state index is 0.0250. The molecular formula is C18H24O2. The van der Waals surface area contributed by atoms with Crippen LogP contribution in [0.5, 0.6) is 0 Å². The van der Waals surface area contributed by atoms with Crippen LogP contribution in [0.4, 0.5) is 0 Å². The summed E-state index contributed by atoms with van der Waals surface area (Å²) in [5.41, 5.74) is 3.27. The summed E-state index contributed by atoms with van der Waals surface area (Å²) in [5, 5.41) is 0. The minimum Gasteiger partial charge on any atom is -0.375 e. The van der Waals surface area contributed by atoms with Crippen molar-refractivity contribution in [3.8, 4) is 0 Å². The van der Waals surface area contributed by atoms with E-state index in [0.717, 1.165) is 43.4 Å². The predicted octanol–water partition coefficient (Wildman–Crippen LogP) is 4.23. The van der Waals surface area contributed by atoms with Crippen LogP contribution in [-0.2, 0) is 4.74 Å². The molecule has 1 saturated carbocycles. The van der Waals surface area contributed by atoms with Gasteiger partial charge in [0.05, 0.1) is 5.60 Å². The second-order valence-electron chi connectivity index (χ2n) is 6.61. The highest BCUT2D eigenvalue weighted by atomic mass is 16.5. The fourth-order valence-corrected chi connectivity index (χ4v) is 3.93. The molecule has 1 aromatic carbocycles. The highest BCUT2D eigenvalue weighted by Gasteiger charge is 2.42. The fourth-order valence-electron chi connectivity index (χ4n) is 3.93. The van der Waals surface area contributed by atoms with Crippen LogP contribution < -0.4 is 0 Å². The molecule has 0 N–H and O–H groups in total. The maximum atomic E-state index is 12.8. The van der Waals surface area contributed by atoms with E-state index in [-0.39, 0.29) is 11.5 Å². The number of rotatable bonds is 2. The summed E-state index contributed by atoms with van der Waals surface area (Å²) >= 11 is 0. The molecule has 1 saturated heterocycles. The SMILES string of the molecule is Cc1ccc(C(=O)C2CCOC3(CCCC3)C2)c(C)c1. The van der Waals surface area contributed by atoms with E-state index in [1.807, 2.05) is 19.1 Å². The van der Waals surface area contributed by atoms with Crippen molar-refractivity contribution in [1.82, 2.24) is 0 Å². The highest BCUT2D eigenvalue weighted by Crippen LogP contribution is 2.42. The van der Waals surface area contributed by atoms with Crippen LogP contribution in [0.15, 0.2) is 18.2 Å². The van der Waals surface area contributed by atoms with Gasteiger partial charge in [-0.2, -0.15) is 0 Å². The second-order valence-corrected chi connectivity index (χ2v) is 6.61. The van der Waals surface area contributed by atoms with E-state index in [1.165, 1.54) is 18.4 Å². The first-order valence-electron chi connectivity index (χ1n) is 7.85. The van der Waals surface area contributed by atoms with Crippen molar-refractivity contribution < 1.29 is 9.53 Å². The Balaban J connectivity index is 1.79. The summed E-state index contributed by atoms with van der Waals surface area (Å²) in [6.07, 6.45) is 6.61. The molecule has 1 heterocycles. The third kappa shape index (κ3) is 2.54. The molecule has 1 spiro atoms. The molecule has 1 unspecified atom stereocenters. The van der Waals surface area contributed by atoms with Crippen LogP contribution in [0.2, 0.25) is 0 Å². The Morgan fingerprint density at radius 3 is 2.70 bits per heavy atom. The zero-order chi connectivity index (χ0) is 14.2. The number of carbonyl (C=O) groups excluding carboxylic acids is 1. The van der Waals surface area contributed by atoms with Gasteiger partial charge in [0.1, 0.15) is 0 Å². The van der Waals surface area contributed by atoms with Crippen molar-refractivity contribution in [2.24, 2.45) is 5.92 Å². The molecule has 2 nitrogen and oxygen atoms in total. The van der Waals surface area contributed by atoms with Crippen LogP contribution in [0.3, 0.4) is 0 Å². The molecule has 108 valence electrons. The number of carbonyl (C=O) groups is 1. The largest absolute Gasteiger partial charge is 0.375 e. The molecular weight excluding hydrogens is 248 g/mol. The summed E-state index contributed by atoms with van der Waals surface area (Å²) < 4.78 is 6.04. The van der Waals surface area contributed by atoms with Gasteiger partial charge >= 0.3 is 0 Å². The van der Waals surface area contributed by atoms with Gasteiger partial charge in [-0.1, -0.05) is 36.6 Å². The third-order valence-corrected chi connectivity index (χ3v) is 5.03. The Hall–Kier alpha value is -1.15. The van der Waals surface area contributed by atoms with Gasteiger partial charge in [0.25, 0.3) is 0 Å². The topological polar surface area (TPSA) is 26.3 Å². The first-order valence-corrected chi connectivity index (χ1v) is 7.85. The van der Waals surface area contributed by atoms with Crippen molar-refractivity contribution in [3.63, 3.8) is 0 Å². The van der Waals surface area contributed by atoms with Crippen molar-refractivity contribution >= 4 is 5.78 Å². The van der Waals surface area contributed by atoms with E-state index in [9.17, 15) is 4.79 Å². The molecule has 1 aromatic rings. The number of hydrogen-bond acceptors (Lipinski definition) is 2. The number of ether oxygens (including phenoxy) is 1. The first kappa shape index (κ1) is 13.8. The van der Waals surface area contributed by atoms with Crippen LogP contribution in [-0.4, -0.2) is 18.0 Å². The lowest BCUT2D eigenvalue weighted by Gasteiger charge is -2.37. The molecule has 1 aliphatic carbocycles. The van der Waals surface area contributed by atoms with Gasteiger partial charge in [-0.25, -0.2) is 0 Å². The monoisotopic (exact) mass is 272 g/mol. The van der Waals surface area contributed by atoms with Crippen molar-refractivity contribution in [2.75, 3.05) is 6.61 Å². The molecule has 2 fully saturated rings. The number of aryl methyl sites for hydroxylation is 2. The normalized spacial score (nSPS) is 25.0. The van der Waals surface area contributed by atoms with E-state index in [2.05, 4.69) is 13.0 Å². The van der Waals surface area contributed by atoms with Gasteiger partial charge in [0.2, 0.25) is 0 Å². The summed E-state index contributed by atoms with van der Waals surface area (Å²) in [6.45, 7) is 4.87. The number of Topliss-reactive ketones (excluding diaryl/α,β-unsaturated/α-hetero) is 1. The summed E-state index contributed by atoms with van der Waals surface area (Å²) in [7, 11) is 0. The molecule has 3 rings (SSSR count). The number of ketones is 1. The molecule has 1 aliphatic heterocycles. The van der Waals surface area contributed by atoms with Gasteiger partial charge in [-0.05, 0) is 45.1 Å². The smallest absolute Gasteiger partial charge is 0.166 e. The van der Waals surface area contributed by atoms with Gasteiger partial charge in [0.15, 0.2) is 5.78 Å². The molecule has 1 atom stereocenters. The molecule has 0 aromatic heterocycles. The Kier molecular flexibility index (Phi) is 3.68. The number of hydrogen-bond donors (Lipinski definition) is 0. The van der Waals surface area contributed by atoms with Gasteiger partial charge in [0, 0.05) is 18.1 Å². The van der Waals surface area contributed by atoms with E-state index < -0.39 is 0 Å². The minimum absolute atomic E-state index is 0.0250. The summed E-state index contributed by atoms with van der Waals surface area (Å²) in [6, 6.07) is 6.16. The molecule has 0 bridgehead atoms. The highest BCUT2D eigenvalue weighted by molar-refractivity contribution is 5.99. The molecule has 0 radical (unpaired) electrons. The van der Waals surface area contributed by atoms with Gasteiger partial charge in [-0.15, -0.1) is 0 Å². The van der Waals surface area contributed by atoms with Crippen LogP contribution in [0, 0.1) is 19.8 Å². The maximum absolute atomic E-state index is 12.8. The molecule has 20 heavy (non-hydrogen) atoms. The Labute approximate surface area is 121 Å². The van der Waals surface area contributed by atoms with Crippen molar-refractivity contribution in [2.45, 2.75) is 58.0 Å². The molecule has 2 heteroatoms.